The molecule has 1 aromatic carbocycles. The minimum Gasteiger partial charge on any atom is -0.492 e. The Bertz CT molecular complexity index is 675. The number of nitrogens with zero attached hydrogens (tertiary/aromatic N) is 1. The third-order valence-electron chi connectivity index (χ3n) is 2.39. The maximum atomic E-state index is 13.0. The molecule has 0 bridgehead atoms. The van der Waals surface area contributed by atoms with Crippen LogP contribution < -0.4 is 10.1 Å². The molecule has 0 aliphatic rings. The number of benzene rings is 1. The molecule has 0 aliphatic heterocycles. The minimum atomic E-state index is -4.55. The van der Waals surface area contributed by atoms with E-state index in [0.29, 0.717) is 8.62 Å². The van der Waals surface area contributed by atoms with Crippen LogP contribution >= 0.6 is 27.3 Å². The standard InChI is InChI=1S/C11H8BrF3N2O3S/c12-9-17-8-6(11(13,14)15)3-5(4-7(8)21-9)20-2-1-16-10(18)19/h3-4,16H,1-2H2,(H,18,19). The number of hydrogen-bond donors (Lipinski definition) is 2. The number of nitrogens with one attached hydrogen (secondary N) is 1. The normalized spacial score (nSPS) is 11.6. The molecule has 1 aromatic heterocycles. The van der Waals surface area contributed by atoms with Gasteiger partial charge in [-0.2, -0.15) is 13.2 Å². The van der Waals surface area contributed by atoms with Gasteiger partial charge in [-0.05, 0) is 28.1 Å². The smallest absolute Gasteiger partial charge is 0.418 e. The summed E-state index contributed by atoms with van der Waals surface area (Å²) in [6.07, 6.45) is -5.78. The Morgan fingerprint density at radius 2 is 2.19 bits per heavy atom. The van der Waals surface area contributed by atoms with Gasteiger partial charge in [0.2, 0.25) is 0 Å². The fraction of sp³-hybridized carbons (Fsp3) is 0.273. The molecular weight excluding hydrogens is 377 g/mol. The van der Waals surface area contributed by atoms with Crippen LogP contribution in [0.2, 0.25) is 0 Å². The Balaban J connectivity index is 2.26. The molecule has 2 rings (SSSR count). The zero-order valence-electron chi connectivity index (χ0n) is 10.2. The number of aromatic nitrogens is 1. The summed E-state index contributed by atoms with van der Waals surface area (Å²) in [6.45, 7) is -0.101. The van der Waals surface area contributed by atoms with Crippen LogP contribution in [0.25, 0.3) is 10.2 Å². The van der Waals surface area contributed by atoms with Gasteiger partial charge in [0.1, 0.15) is 12.4 Å². The molecule has 2 aromatic rings. The summed E-state index contributed by atoms with van der Waals surface area (Å²) >= 11 is 4.11. The molecule has 1 amide bonds. The predicted molar refractivity (Wildman–Crippen MR) is 73.8 cm³/mol. The second kappa shape index (κ2) is 6.06. The van der Waals surface area contributed by atoms with Crippen LogP contribution in [0.15, 0.2) is 16.0 Å². The molecule has 0 aliphatic carbocycles. The Labute approximate surface area is 128 Å². The molecule has 2 N–H and O–H groups in total. The van der Waals surface area contributed by atoms with E-state index in [1.54, 1.807) is 0 Å². The molecule has 0 unspecified atom stereocenters. The van der Waals surface area contributed by atoms with E-state index in [1.165, 1.54) is 6.07 Å². The molecule has 1 heterocycles. The van der Waals surface area contributed by atoms with Crippen LogP contribution in [0.3, 0.4) is 0 Å². The van der Waals surface area contributed by atoms with Gasteiger partial charge < -0.3 is 15.2 Å². The topological polar surface area (TPSA) is 71.5 Å². The Morgan fingerprint density at radius 3 is 2.81 bits per heavy atom. The molecule has 0 atom stereocenters. The summed E-state index contributed by atoms with van der Waals surface area (Å²) in [5.41, 5.74) is -1.03. The quantitative estimate of drug-likeness (QED) is 0.787. The van der Waals surface area contributed by atoms with Gasteiger partial charge in [-0.1, -0.05) is 0 Å². The van der Waals surface area contributed by atoms with Gasteiger partial charge in [0.25, 0.3) is 0 Å². The lowest BCUT2D eigenvalue weighted by molar-refractivity contribution is -0.136. The number of hydrogen-bond acceptors (Lipinski definition) is 4. The maximum Gasteiger partial charge on any atom is 0.418 e. The van der Waals surface area contributed by atoms with Crippen molar-refractivity contribution in [2.75, 3.05) is 13.2 Å². The van der Waals surface area contributed by atoms with Crippen LogP contribution in [0, 0.1) is 0 Å². The van der Waals surface area contributed by atoms with Crippen molar-refractivity contribution in [3.63, 3.8) is 0 Å². The van der Waals surface area contributed by atoms with Crippen LogP contribution in [-0.4, -0.2) is 29.3 Å². The van der Waals surface area contributed by atoms with Crippen LogP contribution in [0.5, 0.6) is 5.75 Å². The van der Waals surface area contributed by atoms with Crippen molar-refractivity contribution >= 4 is 43.6 Å². The molecule has 5 nitrogen and oxygen atoms in total. The fourth-order valence-corrected chi connectivity index (χ4v) is 3.05. The number of fused-ring (bicyclic) bond motifs is 1. The van der Waals surface area contributed by atoms with Crippen molar-refractivity contribution in [1.82, 2.24) is 10.3 Å². The van der Waals surface area contributed by atoms with Gasteiger partial charge in [-0.3, -0.25) is 0 Å². The first-order chi connectivity index (χ1) is 9.77. The van der Waals surface area contributed by atoms with Gasteiger partial charge >= 0.3 is 12.3 Å². The van der Waals surface area contributed by atoms with E-state index >= 15 is 0 Å². The number of alkyl halides is 3. The van der Waals surface area contributed by atoms with E-state index in [0.717, 1.165) is 17.4 Å². The van der Waals surface area contributed by atoms with E-state index < -0.39 is 17.8 Å². The molecule has 0 saturated carbocycles. The van der Waals surface area contributed by atoms with Gasteiger partial charge in [0, 0.05) is 0 Å². The third-order valence-corrected chi connectivity index (χ3v) is 3.85. The van der Waals surface area contributed by atoms with E-state index in [-0.39, 0.29) is 24.4 Å². The van der Waals surface area contributed by atoms with Crippen LogP contribution in [-0.2, 0) is 6.18 Å². The summed E-state index contributed by atoms with van der Waals surface area (Å²) in [6, 6.07) is 2.29. The molecular formula is C11H8BrF3N2O3S. The highest BCUT2D eigenvalue weighted by Gasteiger charge is 2.34. The monoisotopic (exact) mass is 384 g/mol. The highest BCUT2D eigenvalue weighted by Crippen LogP contribution is 2.40. The first kappa shape index (κ1) is 15.8. The zero-order chi connectivity index (χ0) is 15.6. The number of ether oxygens (including phenoxy) is 1. The van der Waals surface area contributed by atoms with Crippen molar-refractivity contribution in [2.45, 2.75) is 6.18 Å². The number of carboxylic acid groups (broad SMARTS) is 1. The summed E-state index contributed by atoms with van der Waals surface area (Å²) in [5, 5.41) is 10.4. The average molecular weight is 385 g/mol. The molecule has 0 radical (unpaired) electrons. The van der Waals surface area contributed by atoms with E-state index in [4.69, 9.17) is 9.84 Å². The van der Waals surface area contributed by atoms with Crippen LogP contribution in [0.1, 0.15) is 5.56 Å². The molecule has 10 heteroatoms. The lowest BCUT2D eigenvalue weighted by Gasteiger charge is -2.11. The molecule has 0 spiro atoms. The second-order valence-electron chi connectivity index (χ2n) is 3.86. The van der Waals surface area contributed by atoms with Gasteiger partial charge in [0.15, 0.2) is 3.92 Å². The number of thiazole rings is 1. The molecule has 0 fully saturated rings. The first-order valence-electron chi connectivity index (χ1n) is 5.54. The Hall–Kier alpha value is -1.55. The third kappa shape index (κ3) is 3.97. The van der Waals surface area contributed by atoms with Crippen molar-refractivity contribution in [1.29, 1.82) is 0 Å². The average Bonchev–Trinajstić information content (AvgIpc) is 2.72. The first-order valence-corrected chi connectivity index (χ1v) is 7.15. The zero-order valence-corrected chi connectivity index (χ0v) is 12.6. The molecule has 21 heavy (non-hydrogen) atoms. The number of halogens is 4. The lowest BCUT2D eigenvalue weighted by Crippen LogP contribution is -2.26. The van der Waals surface area contributed by atoms with Gasteiger partial charge in [-0.15, -0.1) is 11.3 Å². The number of rotatable bonds is 4. The van der Waals surface area contributed by atoms with E-state index in [1.807, 2.05) is 0 Å². The van der Waals surface area contributed by atoms with Crippen molar-refractivity contribution in [3.05, 3.63) is 21.6 Å². The fourth-order valence-electron chi connectivity index (χ4n) is 1.60. The minimum absolute atomic E-state index is 0.0122. The summed E-state index contributed by atoms with van der Waals surface area (Å²) in [5.74, 6) is 0.0122. The van der Waals surface area contributed by atoms with E-state index in [9.17, 15) is 18.0 Å². The Morgan fingerprint density at radius 1 is 1.48 bits per heavy atom. The maximum absolute atomic E-state index is 13.0. The second-order valence-corrected chi connectivity index (χ2v) is 6.17. The van der Waals surface area contributed by atoms with E-state index in [2.05, 4.69) is 26.2 Å². The highest BCUT2D eigenvalue weighted by molar-refractivity contribution is 9.11. The molecule has 0 saturated heterocycles. The highest BCUT2D eigenvalue weighted by atomic mass is 79.9. The number of amides is 1. The largest absolute Gasteiger partial charge is 0.492 e. The van der Waals surface area contributed by atoms with Crippen molar-refractivity contribution in [2.24, 2.45) is 0 Å². The SMILES string of the molecule is O=C(O)NCCOc1cc(C(F)(F)F)c2nc(Br)sc2c1. The lowest BCUT2D eigenvalue weighted by atomic mass is 10.2. The predicted octanol–water partition coefficient (Wildman–Crippen LogP) is 3.72. The van der Waals surface area contributed by atoms with Gasteiger partial charge in [-0.25, -0.2) is 9.78 Å². The summed E-state index contributed by atoms with van der Waals surface area (Å²) < 4.78 is 44.8. The van der Waals surface area contributed by atoms with Gasteiger partial charge in [0.05, 0.1) is 22.3 Å². The van der Waals surface area contributed by atoms with Crippen molar-refractivity contribution < 1.29 is 27.8 Å². The summed E-state index contributed by atoms with van der Waals surface area (Å²) in [7, 11) is 0. The summed E-state index contributed by atoms with van der Waals surface area (Å²) in [4.78, 5) is 14.1. The Kier molecular flexibility index (Phi) is 4.57. The molecule has 114 valence electrons. The number of carbonyl (C=O) groups is 1. The van der Waals surface area contributed by atoms with Crippen molar-refractivity contribution in [3.8, 4) is 5.75 Å². The van der Waals surface area contributed by atoms with Crippen LogP contribution in [0.4, 0.5) is 18.0 Å².